The molecule has 1 unspecified atom stereocenters. The summed E-state index contributed by atoms with van der Waals surface area (Å²) in [6, 6.07) is 4.36. The molecule has 1 aromatic carbocycles. The van der Waals surface area contributed by atoms with E-state index in [2.05, 4.69) is 26.1 Å². The zero-order chi connectivity index (χ0) is 19.0. The minimum atomic E-state index is -2.60. The first-order valence-electron chi connectivity index (χ1n) is 8.57. The third-order valence-electron chi connectivity index (χ3n) is 4.79. The van der Waals surface area contributed by atoms with Crippen LogP contribution in [0.1, 0.15) is 35.7 Å². The van der Waals surface area contributed by atoms with Crippen molar-refractivity contribution in [1.29, 1.82) is 4.78 Å². The predicted octanol–water partition coefficient (Wildman–Crippen LogP) is 1.85. The highest BCUT2D eigenvalue weighted by molar-refractivity contribution is 7.93. The van der Waals surface area contributed by atoms with Crippen molar-refractivity contribution in [3.63, 3.8) is 0 Å². The van der Waals surface area contributed by atoms with E-state index in [4.69, 9.17) is 9.41 Å². The average molecular weight is 394 g/mol. The van der Waals surface area contributed by atoms with Crippen molar-refractivity contribution in [2.24, 2.45) is 5.16 Å². The van der Waals surface area contributed by atoms with Crippen molar-refractivity contribution in [2.75, 3.05) is 17.6 Å². The molecule has 0 radical (unpaired) electrons. The molecule has 4 rings (SSSR count). The van der Waals surface area contributed by atoms with Gasteiger partial charge in [0.1, 0.15) is 5.82 Å². The summed E-state index contributed by atoms with van der Waals surface area (Å²) in [6.07, 6.45) is 2.34. The number of rotatable bonds is 7. The molecule has 27 heavy (non-hydrogen) atoms. The number of benzene rings is 1. The number of nitrogens with one attached hydrogen (secondary N) is 3. The summed E-state index contributed by atoms with van der Waals surface area (Å²) in [4.78, 5) is 0. The molecule has 144 valence electrons. The van der Waals surface area contributed by atoms with Crippen molar-refractivity contribution >= 4 is 21.4 Å². The van der Waals surface area contributed by atoms with Crippen LogP contribution in [0, 0.1) is 10.6 Å². The molecule has 2 aliphatic carbocycles. The van der Waals surface area contributed by atoms with E-state index in [0.29, 0.717) is 6.42 Å². The molecule has 2 aromatic rings. The largest absolute Gasteiger partial charge is 0.409 e. The number of hydrogen-bond donors (Lipinski definition) is 4. The summed E-state index contributed by atoms with van der Waals surface area (Å²) < 4.78 is 38.2. The van der Waals surface area contributed by atoms with Crippen LogP contribution in [0.3, 0.4) is 0 Å². The molecule has 1 fully saturated rings. The summed E-state index contributed by atoms with van der Waals surface area (Å²) >= 11 is 0. The van der Waals surface area contributed by atoms with E-state index in [0.717, 1.165) is 24.0 Å². The van der Waals surface area contributed by atoms with E-state index in [-0.39, 0.29) is 46.8 Å². The Hall–Kier alpha value is -2.69. The van der Waals surface area contributed by atoms with Crippen LogP contribution in [0.15, 0.2) is 28.0 Å². The van der Waals surface area contributed by atoms with Crippen LogP contribution in [0.5, 0.6) is 0 Å². The zero-order valence-corrected chi connectivity index (χ0v) is 15.1. The van der Waals surface area contributed by atoms with Crippen LogP contribution in [-0.4, -0.2) is 43.1 Å². The molecule has 9 nitrogen and oxygen atoms in total. The fourth-order valence-electron chi connectivity index (χ4n) is 3.11. The van der Waals surface area contributed by atoms with Gasteiger partial charge in [-0.05, 0) is 52.8 Å². The van der Waals surface area contributed by atoms with Gasteiger partial charge < -0.3 is 15.8 Å². The van der Waals surface area contributed by atoms with Crippen LogP contribution in [-0.2, 0) is 16.1 Å². The highest BCUT2D eigenvalue weighted by Crippen LogP contribution is 2.34. The molecule has 0 bridgehead atoms. The molecule has 1 saturated carbocycles. The van der Waals surface area contributed by atoms with E-state index in [9.17, 15) is 13.8 Å². The van der Waals surface area contributed by atoms with Crippen LogP contribution in [0.2, 0.25) is 0 Å². The average Bonchev–Trinajstić information content (AvgIpc) is 3.40. The molecule has 0 amide bonds. The third kappa shape index (κ3) is 3.59. The Bertz CT molecular complexity index is 986. The standard InChI is InChI=1S/C16H19FN6O3S/c17-10-2-1-9-7-13(12(9)8-10)20-16(21-24)14-15(23-26-22-14)19-5-6-27(18,25)11-3-4-11/h1-2,8,11,13,18,24H,3-7H2,(H,19,23)(H,20,21)/t13-,27?/m0/s1. The maximum absolute atomic E-state index is 13.4. The fraction of sp³-hybridized carbons (Fsp3) is 0.438. The summed E-state index contributed by atoms with van der Waals surface area (Å²) in [5.41, 5.74) is 1.97. The normalized spacial score (nSPS) is 21.1. The number of amidine groups is 1. The zero-order valence-electron chi connectivity index (χ0n) is 14.3. The van der Waals surface area contributed by atoms with Gasteiger partial charge in [-0.1, -0.05) is 11.2 Å². The summed E-state index contributed by atoms with van der Waals surface area (Å²) in [6.45, 7) is 0.260. The van der Waals surface area contributed by atoms with E-state index >= 15 is 0 Å². The molecule has 1 heterocycles. The lowest BCUT2D eigenvalue weighted by Crippen LogP contribution is -2.37. The minimum absolute atomic E-state index is 0.00971. The highest BCUT2D eigenvalue weighted by atomic mass is 32.2. The molecule has 11 heteroatoms. The van der Waals surface area contributed by atoms with Gasteiger partial charge in [-0.25, -0.2) is 13.2 Å². The molecule has 2 atom stereocenters. The Labute approximate surface area is 155 Å². The molecular weight excluding hydrogens is 375 g/mol. The van der Waals surface area contributed by atoms with E-state index in [1.807, 2.05) is 0 Å². The molecule has 4 N–H and O–H groups in total. The number of anilines is 1. The second-order valence-corrected chi connectivity index (χ2v) is 9.24. The monoisotopic (exact) mass is 394 g/mol. The first-order chi connectivity index (χ1) is 13.0. The second-order valence-electron chi connectivity index (χ2n) is 6.71. The van der Waals surface area contributed by atoms with Gasteiger partial charge in [-0.3, -0.25) is 4.78 Å². The van der Waals surface area contributed by atoms with Gasteiger partial charge in [0.05, 0.1) is 6.04 Å². The van der Waals surface area contributed by atoms with Gasteiger partial charge in [0.25, 0.3) is 0 Å². The van der Waals surface area contributed by atoms with Crippen molar-refractivity contribution < 1.29 is 18.4 Å². The second kappa shape index (κ2) is 6.80. The summed E-state index contributed by atoms with van der Waals surface area (Å²) in [5, 5.41) is 26.0. The van der Waals surface area contributed by atoms with Gasteiger partial charge in [-0.2, -0.15) is 0 Å². The lowest BCUT2D eigenvalue weighted by atomic mass is 9.83. The lowest BCUT2D eigenvalue weighted by Gasteiger charge is -2.31. The van der Waals surface area contributed by atoms with E-state index in [1.165, 1.54) is 12.1 Å². The van der Waals surface area contributed by atoms with Gasteiger partial charge in [0.15, 0.2) is 11.5 Å². The Morgan fingerprint density at radius 1 is 1.44 bits per heavy atom. The molecule has 2 aliphatic rings. The third-order valence-corrected chi connectivity index (χ3v) is 7.15. The molecule has 1 aromatic heterocycles. The number of hydrogen-bond acceptors (Lipinski definition) is 8. The molecular formula is C16H19FN6O3S. The van der Waals surface area contributed by atoms with Gasteiger partial charge in [-0.15, -0.1) is 0 Å². The molecule has 0 saturated heterocycles. The SMILES string of the molecule is N=S(=O)(CCNc1nonc1/C(=N/O)N[C@H]1Cc2ccc(F)cc21)C1CC1. The number of halogens is 1. The van der Waals surface area contributed by atoms with Crippen molar-refractivity contribution in [3.8, 4) is 0 Å². The fourth-order valence-corrected chi connectivity index (χ4v) is 4.75. The smallest absolute Gasteiger partial charge is 0.202 e. The number of oxime groups is 1. The Morgan fingerprint density at radius 3 is 3.00 bits per heavy atom. The predicted molar refractivity (Wildman–Crippen MR) is 95.8 cm³/mol. The topological polar surface area (TPSA) is 136 Å². The summed E-state index contributed by atoms with van der Waals surface area (Å²) in [7, 11) is -2.60. The van der Waals surface area contributed by atoms with Crippen LogP contribution in [0.25, 0.3) is 0 Å². The van der Waals surface area contributed by atoms with Crippen LogP contribution >= 0.6 is 0 Å². The minimum Gasteiger partial charge on any atom is -0.409 e. The molecule has 0 spiro atoms. The first kappa shape index (κ1) is 17.7. The summed E-state index contributed by atoms with van der Waals surface area (Å²) in [5.74, 6) is 0.119. The lowest BCUT2D eigenvalue weighted by molar-refractivity contribution is 0.303. The van der Waals surface area contributed by atoms with Crippen LogP contribution < -0.4 is 10.6 Å². The van der Waals surface area contributed by atoms with Crippen molar-refractivity contribution in [3.05, 3.63) is 40.8 Å². The Kier molecular flexibility index (Phi) is 4.46. The maximum Gasteiger partial charge on any atom is 0.202 e. The molecule has 0 aliphatic heterocycles. The van der Waals surface area contributed by atoms with Gasteiger partial charge >= 0.3 is 0 Å². The quantitative estimate of drug-likeness (QED) is 0.243. The maximum atomic E-state index is 13.4. The number of aromatic nitrogens is 2. The van der Waals surface area contributed by atoms with Crippen LogP contribution in [0.4, 0.5) is 10.2 Å². The Balaban J connectivity index is 1.41. The van der Waals surface area contributed by atoms with Crippen molar-refractivity contribution in [2.45, 2.75) is 30.6 Å². The first-order valence-corrected chi connectivity index (χ1v) is 10.4. The van der Waals surface area contributed by atoms with E-state index in [1.54, 1.807) is 6.07 Å². The van der Waals surface area contributed by atoms with Gasteiger partial charge in [0.2, 0.25) is 5.82 Å². The Morgan fingerprint density at radius 2 is 2.26 bits per heavy atom. The van der Waals surface area contributed by atoms with Gasteiger partial charge in [0, 0.05) is 27.3 Å². The van der Waals surface area contributed by atoms with E-state index < -0.39 is 9.73 Å². The number of nitrogens with zero attached hydrogens (tertiary/aromatic N) is 3. The number of fused-ring (bicyclic) bond motifs is 1. The highest BCUT2D eigenvalue weighted by Gasteiger charge is 2.32. The van der Waals surface area contributed by atoms with Crippen molar-refractivity contribution in [1.82, 2.24) is 15.6 Å².